The summed E-state index contributed by atoms with van der Waals surface area (Å²) in [6.07, 6.45) is 1.99. The van der Waals surface area contributed by atoms with Crippen LogP contribution in [0.5, 0.6) is 17.2 Å². The highest BCUT2D eigenvalue weighted by molar-refractivity contribution is 5.42. The number of hydrogen-bond donors (Lipinski definition) is 2. The van der Waals surface area contributed by atoms with Crippen LogP contribution in [0.3, 0.4) is 0 Å². The number of aryl methyl sites for hydroxylation is 2. The first-order chi connectivity index (χ1) is 10.6. The molecule has 0 aliphatic rings. The van der Waals surface area contributed by atoms with E-state index < -0.39 is 5.43 Å². The highest BCUT2D eigenvalue weighted by atomic mass is 16.5. The van der Waals surface area contributed by atoms with E-state index >= 15 is 0 Å². The molecule has 2 aromatic rings. The van der Waals surface area contributed by atoms with Gasteiger partial charge in [-0.05, 0) is 24.1 Å². The second-order valence-electron chi connectivity index (χ2n) is 4.81. The quantitative estimate of drug-likeness (QED) is 0.841. The van der Waals surface area contributed by atoms with Crippen LogP contribution in [-0.2, 0) is 19.6 Å². The van der Waals surface area contributed by atoms with Gasteiger partial charge in [0.1, 0.15) is 0 Å². The van der Waals surface area contributed by atoms with Gasteiger partial charge in [-0.3, -0.25) is 4.79 Å². The van der Waals surface area contributed by atoms with Crippen LogP contribution in [0.1, 0.15) is 11.3 Å². The molecule has 118 valence electrons. The second kappa shape index (κ2) is 7.00. The van der Waals surface area contributed by atoms with Gasteiger partial charge >= 0.3 is 0 Å². The Kier molecular flexibility index (Phi) is 5.06. The molecule has 0 saturated carbocycles. The zero-order valence-corrected chi connectivity index (χ0v) is 12.6. The molecule has 1 aromatic carbocycles. The summed E-state index contributed by atoms with van der Waals surface area (Å²) in [6.45, 7) is 0.251. The molecule has 6 heteroatoms. The molecule has 0 unspecified atom stereocenters. The number of aromatic hydroxyl groups is 1. The number of methoxy groups -OCH3 is 2. The lowest BCUT2D eigenvalue weighted by atomic mass is 10.1. The van der Waals surface area contributed by atoms with E-state index in [1.54, 1.807) is 18.8 Å². The Morgan fingerprint density at radius 1 is 1.14 bits per heavy atom. The van der Waals surface area contributed by atoms with Gasteiger partial charge in [0.05, 0.1) is 27.0 Å². The van der Waals surface area contributed by atoms with Crippen molar-refractivity contribution in [2.75, 3.05) is 14.2 Å². The first kappa shape index (κ1) is 15.9. The Labute approximate surface area is 128 Å². The van der Waals surface area contributed by atoms with Crippen LogP contribution in [0, 0.1) is 0 Å². The Morgan fingerprint density at radius 2 is 1.86 bits per heavy atom. The van der Waals surface area contributed by atoms with Crippen LogP contribution in [-0.4, -0.2) is 29.0 Å². The number of aliphatic hydroxyl groups is 1. The average molecular weight is 305 g/mol. The minimum Gasteiger partial charge on any atom is -0.503 e. The molecule has 1 heterocycles. The SMILES string of the molecule is COc1ccc(CCn2cc(O)c(=O)cc2CO)cc1OC. The van der Waals surface area contributed by atoms with Gasteiger partial charge in [-0.15, -0.1) is 0 Å². The van der Waals surface area contributed by atoms with Crippen molar-refractivity contribution in [3.8, 4) is 17.2 Å². The lowest BCUT2D eigenvalue weighted by Crippen LogP contribution is -2.13. The van der Waals surface area contributed by atoms with Crippen molar-refractivity contribution < 1.29 is 19.7 Å². The number of aliphatic hydroxyl groups excluding tert-OH is 1. The second-order valence-corrected chi connectivity index (χ2v) is 4.81. The molecule has 0 fully saturated rings. The summed E-state index contributed by atoms with van der Waals surface area (Å²) in [4.78, 5) is 11.4. The van der Waals surface area contributed by atoms with Gasteiger partial charge in [-0.1, -0.05) is 6.07 Å². The number of rotatable bonds is 6. The van der Waals surface area contributed by atoms with E-state index in [-0.39, 0.29) is 12.4 Å². The molecule has 2 rings (SSSR count). The van der Waals surface area contributed by atoms with Crippen LogP contribution >= 0.6 is 0 Å². The van der Waals surface area contributed by atoms with Gasteiger partial charge in [0.15, 0.2) is 17.2 Å². The maximum atomic E-state index is 11.4. The molecule has 0 amide bonds. The van der Waals surface area contributed by atoms with Crippen molar-refractivity contribution >= 4 is 0 Å². The number of benzene rings is 1. The molecule has 0 aliphatic heterocycles. The fraction of sp³-hybridized carbons (Fsp3) is 0.312. The van der Waals surface area contributed by atoms with Gasteiger partial charge in [-0.2, -0.15) is 0 Å². The first-order valence-electron chi connectivity index (χ1n) is 6.83. The predicted molar refractivity (Wildman–Crippen MR) is 81.5 cm³/mol. The van der Waals surface area contributed by atoms with Gasteiger partial charge < -0.3 is 24.3 Å². The zero-order valence-electron chi connectivity index (χ0n) is 12.6. The Balaban J connectivity index is 2.20. The van der Waals surface area contributed by atoms with Crippen molar-refractivity contribution in [3.63, 3.8) is 0 Å². The normalized spacial score (nSPS) is 10.5. The largest absolute Gasteiger partial charge is 0.503 e. The lowest BCUT2D eigenvalue weighted by molar-refractivity contribution is 0.268. The Bertz CT molecular complexity index is 708. The third-order valence-electron chi connectivity index (χ3n) is 3.45. The highest BCUT2D eigenvalue weighted by Crippen LogP contribution is 2.27. The summed E-state index contributed by atoms with van der Waals surface area (Å²) in [5.41, 5.74) is 0.981. The van der Waals surface area contributed by atoms with Crippen LogP contribution < -0.4 is 14.9 Å². The maximum Gasteiger partial charge on any atom is 0.223 e. The predicted octanol–water partition coefficient (Wildman–Crippen LogP) is 1.31. The maximum absolute atomic E-state index is 11.4. The van der Waals surface area contributed by atoms with Crippen LogP contribution in [0.2, 0.25) is 0 Å². The molecule has 2 N–H and O–H groups in total. The molecular weight excluding hydrogens is 286 g/mol. The molecule has 22 heavy (non-hydrogen) atoms. The van der Waals surface area contributed by atoms with Gasteiger partial charge in [0.2, 0.25) is 5.43 Å². The van der Waals surface area contributed by atoms with Gasteiger partial charge in [0.25, 0.3) is 0 Å². The number of hydrogen-bond acceptors (Lipinski definition) is 5. The standard InChI is InChI=1S/C16H19NO5/c1-21-15-4-3-11(7-16(15)22-2)5-6-17-9-14(20)13(19)8-12(17)10-18/h3-4,7-9,18,20H,5-6,10H2,1-2H3. The molecule has 0 spiro atoms. The molecule has 0 aliphatic carbocycles. The van der Waals surface area contributed by atoms with Crippen molar-refractivity contribution in [2.45, 2.75) is 19.6 Å². The van der Waals surface area contributed by atoms with Gasteiger partial charge in [0, 0.05) is 18.3 Å². The summed E-state index contributed by atoms with van der Waals surface area (Å²) in [6, 6.07) is 6.86. The third-order valence-corrected chi connectivity index (χ3v) is 3.45. The van der Waals surface area contributed by atoms with E-state index in [9.17, 15) is 15.0 Å². The lowest BCUT2D eigenvalue weighted by Gasteiger charge is -2.13. The molecule has 0 radical (unpaired) electrons. The number of pyridine rings is 1. The monoisotopic (exact) mass is 305 g/mol. The van der Waals surface area contributed by atoms with E-state index in [1.165, 1.54) is 12.3 Å². The molecule has 0 atom stereocenters. The summed E-state index contributed by atoms with van der Waals surface area (Å²) < 4.78 is 12.1. The molecule has 1 aromatic heterocycles. The molecular formula is C16H19NO5. The Morgan fingerprint density at radius 3 is 2.50 bits per heavy atom. The van der Waals surface area contributed by atoms with E-state index in [2.05, 4.69) is 0 Å². The molecule has 6 nitrogen and oxygen atoms in total. The van der Waals surface area contributed by atoms with Crippen molar-refractivity contribution in [1.82, 2.24) is 4.57 Å². The minimum atomic E-state index is -0.494. The van der Waals surface area contributed by atoms with Crippen molar-refractivity contribution in [3.05, 3.63) is 51.9 Å². The molecule has 0 bridgehead atoms. The summed E-state index contributed by atoms with van der Waals surface area (Å²) in [5.74, 6) is 0.970. The smallest absolute Gasteiger partial charge is 0.223 e. The van der Waals surface area contributed by atoms with Gasteiger partial charge in [-0.25, -0.2) is 0 Å². The van der Waals surface area contributed by atoms with E-state index in [4.69, 9.17) is 9.47 Å². The fourth-order valence-corrected chi connectivity index (χ4v) is 2.23. The van der Waals surface area contributed by atoms with Crippen LogP contribution in [0.25, 0.3) is 0 Å². The van der Waals surface area contributed by atoms with Crippen molar-refractivity contribution in [2.24, 2.45) is 0 Å². The fourth-order valence-electron chi connectivity index (χ4n) is 2.23. The van der Waals surface area contributed by atoms with Crippen LogP contribution in [0.4, 0.5) is 0 Å². The number of nitrogens with zero attached hydrogens (tertiary/aromatic N) is 1. The van der Waals surface area contributed by atoms with Crippen LogP contribution in [0.15, 0.2) is 35.3 Å². The third kappa shape index (κ3) is 3.40. The topological polar surface area (TPSA) is 80.9 Å². The Hall–Kier alpha value is -2.47. The first-order valence-corrected chi connectivity index (χ1v) is 6.83. The minimum absolute atomic E-state index is 0.262. The summed E-state index contributed by atoms with van der Waals surface area (Å²) in [5, 5.41) is 18.8. The van der Waals surface area contributed by atoms with E-state index in [1.807, 2.05) is 18.2 Å². The molecule has 0 saturated heterocycles. The zero-order chi connectivity index (χ0) is 16.1. The summed E-state index contributed by atoms with van der Waals surface area (Å²) >= 11 is 0. The average Bonchev–Trinajstić information content (AvgIpc) is 2.55. The van der Waals surface area contributed by atoms with E-state index in [0.717, 1.165) is 5.56 Å². The number of aromatic nitrogens is 1. The van der Waals surface area contributed by atoms with E-state index in [0.29, 0.717) is 30.2 Å². The highest BCUT2D eigenvalue weighted by Gasteiger charge is 2.07. The summed E-state index contributed by atoms with van der Waals surface area (Å²) in [7, 11) is 3.15. The van der Waals surface area contributed by atoms with Crippen molar-refractivity contribution in [1.29, 1.82) is 0 Å². The number of ether oxygens (including phenoxy) is 2.